The number of carbonyl (C=O) groups is 2. The number of hydrogen-bond acceptors (Lipinski definition) is 5. The Bertz CT molecular complexity index is 1410. The molecule has 0 aromatic heterocycles. The Kier molecular flexibility index (Phi) is 9.99. The lowest BCUT2D eigenvalue weighted by Gasteiger charge is -2.32. The number of ether oxygens (including phenoxy) is 1. The molecule has 1 atom stereocenters. The van der Waals surface area contributed by atoms with Gasteiger partial charge in [-0.25, -0.2) is 8.42 Å². The molecule has 0 heterocycles. The van der Waals surface area contributed by atoms with Gasteiger partial charge in [0, 0.05) is 12.6 Å². The summed E-state index contributed by atoms with van der Waals surface area (Å²) < 4.78 is 33.9. The smallest absolute Gasteiger partial charge is 0.264 e. The van der Waals surface area contributed by atoms with Gasteiger partial charge < -0.3 is 15.0 Å². The van der Waals surface area contributed by atoms with E-state index in [4.69, 9.17) is 16.3 Å². The Hall–Kier alpha value is -3.56. The van der Waals surface area contributed by atoms with E-state index in [0.717, 1.165) is 15.4 Å². The fourth-order valence-electron chi connectivity index (χ4n) is 4.02. The standard InChI is InChI=1S/C29H34ClN3O5S/c1-20(2)31-29(35)22(4)32(18-23-12-10-9-11-21(23)3)28(34)19-33(24-15-16-27(38-5)26(30)17-24)39(36,37)25-13-7-6-8-14-25/h6-17,20,22H,18-19H2,1-5H3,(H,31,35). The fraction of sp³-hybridized carbons (Fsp3) is 0.310. The van der Waals surface area contributed by atoms with Crippen LogP contribution in [0.5, 0.6) is 5.75 Å². The highest BCUT2D eigenvalue weighted by molar-refractivity contribution is 7.92. The van der Waals surface area contributed by atoms with Crippen molar-refractivity contribution >= 4 is 39.1 Å². The van der Waals surface area contributed by atoms with Gasteiger partial charge in [-0.3, -0.25) is 13.9 Å². The maximum atomic E-state index is 13.9. The molecular weight excluding hydrogens is 538 g/mol. The first kappa shape index (κ1) is 30.0. The lowest BCUT2D eigenvalue weighted by molar-refractivity contribution is -0.139. The number of aryl methyl sites for hydroxylation is 1. The molecule has 3 aromatic carbocycles. The second-order valence-electron chi connectivity index (χ2n) is 9.43. The maximum absolute atomic E-state index is 13.9. The molecule has 0 spiro atoms. The van der Waals surface area contributed by atoms with E-state index in [0.29, 0.717) is 5.75 Å². The Balaban J connectivity index is 2.07. The van der Waals surface area contributed by atoms with Crippen LogP contribution in [0.3, 0.4) is 0 Å². The zero-order valence-electron chi connectivity index (χ0n) is 22.7. The third kappa shape index (κ3) is 7.30. The summed E-state index contributed by atoms with van der Waals surface area (Å²) in [6, 6.07) is 18.9. The van der Waals surface area contributed by atoms with Gasteiger partial charge in [-0.1, -0.05) is 54.1 Å². The molecule has 0 radical (unpaired) electrons. The van der Waals surface area contributed by atoms with Crippen molar-refractivity contribution in [3.8, 4) is 5.75 Å². The maximum Gasteiger partial charge on any atom is 0.264 e. The average Bonchev–Trinajstić information content (AvgIpc) is 2.90. The SMILES string of the molecule is COc1ccc(N(CC(=O)N(Cc2ccccc2C)C(C)C(=O)NC(C)C)S(=O)(=O)c2ccccc2)cc1Cl. The third-order valence-electron chi connectivity index (χ3n) is 6.23. The van der Waals surface area contributed by atoms with Gasteiger partial charge in [0.2, 0.25) is 11.8 Å². The highest BCUT2D eigenvalue weighted by Gasteiger charge is 2.33. The molecule has 0 aliphatic heterocycles. The van der Waals surface area contributed by atoms with E-state index in [2.05, 4.69) is 5.32 Å². The zero-order valence-corrected chi connectivity index (χ0v) is 24.3. The largest absolute Gasteiger partial charge is 0.495 e. The molecule has 0 bridgehead atoms. The molecule has 0 aliphatic carbocycles. The van der Waals surface area contributed by atoms with Gasteiger partial charge in [0.25, 0.3) is 10.0 Å². The van der Waals surface area contributed by atoms with Crippen molar-refractivity contribution in [2.24, 2.45) is 0 Å². The Morgan fingerprint density at radius 3 is 2.21 bits per heavy atom. The number of halogens is 1. The minimum absolute atomic E-state index is 0.0146. The number of sulfonamides is 1. The molecule has 2 amide bonds. The number of hydrogen-bond donors (Lipinski definition) is 1. The number of nitrogens with one attached hydrogen (secondary N) is 1. The molecule has 8 nitrogen and oxygen atoms in total. The molecule has 208 valence electrons. The predicted molar refractivity (Wildman–Crippen MR) is 153 cm³/mol. The van der Waals surface area contributed by atoms with Crippen LogP contribution in [0.2, 0.25) is 5.02 Å². The zero-order chi connectivity index (χ0) is 28.7. The number of benzene rings is 3. The first-order valence-corrected chi connectivity index (χ1v) is 14.3. The van der Waals surface area contributed by atoms with E-state index < -0.39 is 28.5 Å². The number of carbonyl (C=O) groups excluding carboxylic acids is 2. The van der Waals surface area contributed by atoms with Crippen LogP contribution in [0.1, 0.15) is 31.9 Å². The Morgan fingerprint density at radius 1 is 0.974 bits per heavy atom. The van der Waals surface area contributed by atoms with E-state index in [-0.39, 0.29) is 34.1 Å². The molecule has 1 unspecified atom stereocenters. The van der Waals surface area contributed by atoms with Crippen LogP contribution in [0.4, 0.5) is 5.69 Å². The van der Waals surface area contributed by atoms with Crippen molar-refractivity contribution in [1.82, 2.24) is 10.2 Å². The van der Waals surface area contributed by atoms with Crippen LogP contribution < -0.4 is 14.4 Å². The summed E-state index contributed by atoms with van der Waals surface area (Å²) >= 11 is 6.34. The summed E-state index contributed by atoms with van der Waals surface area (Å²) in [7, 11) is -2.72. The molecule has 0 fully saturated rings. The number of methoxy groups -OCH3 is 1. The van der Waals surface area contributed by atoms with Crippen LogP contribution in [0.15, 0.2) is 77.7 Å². The molecule has 10 heteroatoms. The van der Waals surface area contributed by atoms with Crippen molar-refractivity contribution < 1.29 is 22.7 Å². The quantitative estimate of drug-likeness (QED) is 0.357. The second kappa shape index (κ2) is 13.0. The topological polar surface area (TPSA) is 96.0 Å². The van der Waals surface area contributed by atoms with Gasteiger partial charge >= 0.3 is 0 Å². The summed E-state index contributed by atoms with van der Waals surface area (Å²) in [5, 5.41) is 3.04. The number of nitrogens with zero attached hydrogens (tertiary/aromatic N) is 2. The van der Waals surface area contributed by atoms with Gasteiger partial charge in [-0.05, 0) is 69.2 Å². The van der Waals surface area contributed by atoms with Gasteiger partial charge in [0.1, 0.15) is 18.3 Å². The third-order valence-corrected chi connectivity index (χ3v) is 8.32. The highest BCUT2D eigenvalue weighted by Crippen LogP contribution is 2.32. The van der Waals surface area contributed by atoms with Crippen LogP contribution in [0, 0.1) is 6.92 Å². The normalized spacial score (nSPS) is 12.1. The van der Waals surface area contributed by atoms with Crippen molar-refractivity contribution in [3.63, 3.8) is 0 Å². The van der Waals surface area contributed by atoms with E-state index in [1.807, 2.05) is 45.0 Å². The van der Waals surface area contributed by atoms with Gasteiger partial charge in [-0.15, -0.1) is 0 Å². The monoisotopic (exact) mass is 571 g/mol. The van der Waals surface area contributed by atoms with Gasteiger partial charge in [0.05, 0.1) is 22.7 Å². The second-order valence-corrected chi connectivity index (χ2v) is 11.7. The minimum Gasteiger partial charge on any atom is -0.495 e. The van der Waals surface area contributed by atoms with E-state index in [1.165, 1.54) is 36.3 Å². The minimum atomic E-state index is -4.18. The molecule has 3 rings (SSSR count). The van der Waals surface area contributed by atoms with E-state index in [1.54, 1.807) is 31.2 Å². The highest BCUT2D eigenvalue weighted by atomic mass is 35.5. The lowest BCUT2D eigenvalue weighted by atomic mass is 10.1. The van der Waals surface area contributed by atoms with E-state index >= 15 is 0 Å². The summed E-state index contributed by atoms with van der Waals surface area (Å²) in [5.41, 5.74) is 1.98. The number of anilines is 1. The molecular formula is C29H34ClN3O5S. The lowest BCUT2D eigenvalue weighted by Crippen LogP contribution is -2.52. The fourth-order valence-corrected chi connectivity index (χ4v) is 5.70. The van der Waals surface area contributed by atoms with Crippen molar-refractivity contribution in [2.45, 2.75) is 51.2 Å². The molecule has 39 heavy (non-hydrogen) atoms. The van der Waals surface area contributed by atoms with Crippen molar-refractivity contribution in [2.75, 3.05) is 18.0 Å². The Morgan fingerprint density at radius 2 is 1.62 bits per heavy atom. The number of rotatable bonds is 11. The van der Waals surface area contributed by atoms with Crippen LogP contribution in [-0.2, 0) is 26.2 Å². The summed E-state index contributed by atoms with van der Waals surface area (Å²) in [6.07, 6.45) is 0. The van der Waals surface area contributed by atoms with Crippen molar-refractivity contribution in [1.29, 1.82) is 0 Å². The summed E-state index contributed by atoms with van der Waals surface area (Å²) in [6.45, 7) is 6.79. The first-order valence-electron chi connectivity index (χ1n) is 12.5. The molecule has 1 N–H and O–H groups in total. The van der Waals surface area contributed by atoms with Crippen molar-refractivity contribution in [3.05, 3.63) is 88.9 Å². The van der Waals surface area contributed by atoms with Gasteiger partial charge in [-0.2, -0.15) is 0 Å². The number of amides is 2. The van der Waals surface area contributed by atoms with Crippen LogP contribution in [-0.4, -0.2) is 50.9 Å². The predicted octanol–water partition coefficient (Wildman–Crippen LogP) is 4.79. The van der Waals surface area contributed by atoms with Crippen LogP contribution in [0.25, 0.3) is 0 Å². The first-order chi connectivity index (χ1) is 18.4. The summed E-state index contributed by atoms with van der Waals surface area (Å²) in [4.78, 5) is 28.4. The van der Waals surface area contributed by atoms with Crippen LogP contribution >= 0.6 is 11.6 Å². The Labute approximate surface area is 235 Å². The molecule has 0 saturated carbocycles. The molecule has 3 aromatic rings. The molecule has 0 aliphatic rings. The average molecular weight is 572 g/mol. The summed E-state index contributed by atoms with van der Waals surface area (Å²) in [5.74, 6) is -0.517. The van der Waals surface area contributed by atoms with E-state index in [9.17, 15) is 18.0 Å². The van der Waals surface area contributed by atoms with Gasteiger partial charge in [0.15, 0.2) is 0 Å². The molecule has 0 saturated heterocycles.